The molecule has 0 unspecified atom stereocenters. The normalized spacial score (nSPS) is 10.6. The van der Waals surface area contributed by atoms with Crippen LogP contribution in [-0.2, 0) is 19.3 Å². The van der Waals surface area contributed by atoms with Crippen molar-refractivity contribution in [1.29, 1.82) is 0 Å². The van der Waals surface area contributed by atoms with Crippen molar-refractivity contribution in [3.63, 3.8) is 0 Å². The van der Waals surface area contributed by atoms with Gasteiger partial charge >= 0.3 is 0 Å². The van der Waals surface area contributed by atoms with E-state index in [9.17, 15) is 4.79 Å². The Kier molecular flexibility index (Phi) is 4.79. The number of carbonyl (C=O) groups excluding carboxylic acids is 1. The fourth-order valence-electron chi connectivity index (χ4n) is 2.72. The molecular formula is C19H23NO. The molecule has 2 aromatic carbocycles. The summed E-state index contributed by atoms with van der Waals surface area (Å²) in [5, 5.41) is 0. The second-order valence-corrected chi connectivity index (χ2v) is 5.30. The Bertz CT molecular complexity index is 633. The average Bonchev–Trinajstić information content (AvgIpc) is 2.52. The van der Waals surface area contributed by atoms with E-state index in [1.54, 1.807) is 12.1 Å². The summed E-state index contributed by atoms with van der Waals surface area (Å²) in [6.07, 6.45) is 2.72. The largest absolute Gasteiger partial charge is 0.399 e. The smallest absolute Gasteiger partial charge is 0.193 e. The maximum absolute atomic E-state index is 12.9. The van der Waals surface area contributed by atoms with E-state index in [-0.39, 0.29) is 5.78 Å². The summed E-state index contributed by atoms with van der Waals surface area (Å²) >= 11 is 0. The summed E-state index contributed by atoms with van der Waals surface area (Å²) in [7, 11) is 0. The van der Waals surface area contributed by atoms with E-state index in [1.807, 2.05) is 12.1 Å². The molecule has 2 N–H and O–H groups in total. The average molecular weight is 281 g/mol. The number of rotatable bonds is 5. The van der Waals surface area contributed by atoms with Crippen LogP contribution in [0, 0.1) is 0 Å². The summed E-state index contributed by atoms with van der Waals surface area (Å²) < 4.78 is 0. The van der Waals surface area contributed by atoms with Gasteiger partial charge < -0.3 is 5.73 Å². The molecule has 2 nitrogen and oxygen atoms in total. The fourth-order valence-corrected chi connectivity index (χ4v) is 2.72. The molecule has 0 aliphatic rings. The zero-order valence-electron chi connectivity index (χ0n) is 13.1. The molecule has 0 aromatic heterocycles. The van der Waals surface area contributed by atoms with Gasteiger partial charge in [0.05, 0.1) is 0 Å². The summed E-state index contributed by atoms with van der Waals surface area (Å²) in [4.78, 5) is 12.9. The highest BCUT2D eigenvalue weighted by molar-refractivity contribution is 6.11. The van der Waals surface area contributed by atoms with Crippen LogP contribution in [0.2, 0.25) is 0 Å². The topological polar surface area (TPSA) is 43.1 Å². The number of nitrogens with two attached hydrogens (primary N) is 1. The molecule has 0 atom stereocenters. The number of anilines is 1. The maximum Gasteiger partial charge on any atom is 0.193 e. The van der Waals surface area contributed by atoms with E-state index in [0.29, 0.717) is 11.3 Å². The van der Waals surface area contributed by atoms with Gasteiger partial charge in [-0.15, -0.1) is 0 Å². The third kappa shape index (κ3) is 3.15. The van der Waals surface area contributed by atoms with E-state index in [0.717, 1.165) is 36.0 Å². The molecule has 0 amide bonds. The van der Waals surface area contributed by atoms with E-state index in [1.165, 1.54) is 5.56 Å². The van der Waals surface area contributed by atoms with Crippen molar-refractivity contribution in [2.24, 2.45) is 0 Å². The molecule has 0 bridgehead atoms. The first-order chi connectivity index (χ1) is 10.1. The van der Waals surface area contributed by atoms with Gasteiger partial charge in [-0.1, -0.05) is 45.0 Å². The van der Waals surface area contributed by atoms with E-state index in [2.05, 4.69) is 32.9 Å². The highest BCUT2D eigenvalue weighted by atomic mass is 16.1. The lowest BCUT2D eigenvalue weighted by atomic mass is 9.89. The molecule has 110 valence electrons. The highest BCUT2D eigenvalue weighted by Crippen LogP contribution is 2.24. The van der Waals surface area contributed by atoms with Crippen LogP contribution in [0.4, 0.5) is 5.69 Å². The van der Waals surface area contributed by atoms with Gasteiger partial charge in [0.2, 0.25) is 0 Å². The minimum absolute atomic E-state index is 0.0821. The third-order valence-corrected chi connectivity index (χ3v) is 3.91. The van der Waals surface area contributed by atoms with Crippen LogP contribution >= 0.6 is 0 Å². The zero-order chi connectivity index (χ0) is 15.4. The lowest BCUT2D eigenvalue weighted by molar-refractivity contribution is 0.103. The number of benzene rings is 2. The lowest BCUT2D eigenvalue weighted by Crippen LogP contribution is -2.10. The Morgan fingerprint density at radius 2 is 1.57 bits per heavy atom. The van der Waals surface area contributed by atoms with Crippen LogP contribution in [0.3, 0.4) is 0 Å². The Hall–Kier alpha value is -2.09. The number of carbonyl (C=O) groups is 1. The molecule has 0 aliphatic carbocycles. The van der Waals surface area contributed by atoms with Gasteiger partial charge in [0.1, 0.15) is 0 Å². The molecule has 2 rings (SSSR count). The Morgan fingerprint density at radius 3 is 2.05 bits per heavy atom. The van der Waals surface area contributed by atoms with Crippen LogP contribution in [0.25, 0.3) is 0 Å². The van der Waals surface area contributed by atoms with Crippen LogP contribution in [0.15, 0.2) is 36.4 Å². The van der Waals surface area contributed by atoms with Crippen molar-refractivity contribution in [3.05, 3.63) is 64.2 Å². The summed E-state index contributed by atoms with van der Waals surface area (Å²) in [5.74, 6) is 0.0821. The molecule has 21 heavy (non-hydrogen) atoms. The predicted molar refractivity (Wildman–Crippen MR) is 88.9 cm³/mol. The first-order valence-electron chi connectivity index (χ1n) is 7.65. The van der Waals surface area contributed by atoms with Gasteiger partial charge in [-0.2, -0.15) is 0 Å². The molecule has 0 spiro atoms. The van der Waals surface area contributed by atoms with Crippen molar-refractivity contribution < 1.29 is 4.79 Å². The van der Waals surface area contributed by atoms with Crippen LogP contribution in [0.5, 0.6) is 0 Å². The first-order valence-corrected chi connectivity index (χ1v) is 7.65. The summed E-state index contributed by atoms with van der Waals surface area (Å²) in [6.45, 7) is 6.35. The Labute approximate surface area is 127 Å². The standard InChI is InChI=1S/C19H23NO/c1-4-13-10-14(5-2)18(15(6-3)11-13)19(21)16-8-7-9-17(20)12-16/h7-12H,4-6,20H2,1-3H3. The highest BCUT2D eigenvalue weighted by Gasteiger charge is 2.17. The molecule has 0 saturated carbocycles. The van der Waals surface area contributed by atoms with E-state index in [4.69, 9.17) is 5.73 Å². The molecule has 0 heterocycles. The number of hydrogen-bond acceptors (Lipinski definition) is 2. The van der Waals surface area contributed by atoms with Crippen molar-refractivity contribution in [2.75, 3.05) is 5.73 Å². The van der Waals surface area contributed by atoms with Crippen LogP contribution < -0.4 is 5.73 Å². The van der Waals surface area contributed by atoms with Gasteiger partial charge in [0, 0.05) is 16.8 Å². The van der Waals surface area contributed by atoms with Crippen molar-refractivity contribution >= 4 is 11.5 Å². The minimum Gasteiger partial charge on any atom is -0.399 e. The zero-order valence-corrected chi connectivity index (χ0v) is 13.1. The Balaban J connectivity index is 2.59. The van der Waals surface area contributed by atoms with Crippen molar-refractivity contribution in [2.45, 2.75) is 40.0 Å². The van der Waals surface area contributed by atoms with Gasteiger partial charge in [-0.05, 0) is 48.1 Å². The molecule has 0 saturated heterocycles. The van der Waals surface area contributed by atoms with E-state index < -0.39 is 0 Å². The summed E-state index contributed by atoms with van der Waals surface area (Å²) in [5.41, 5.74) is 11.5. The van der Waals surface area contributed by atoms with Gasteiger partial charge in [-0.25, -0.2) is 0 Å². The van der Waals surface area contributed by atoms with Gasteiger partial charge in [-0.3, -0.25) is 4.79 Å². The second-order valence-electron chi connectivity index (χ2n) is 5.30. The Morgan fingerprint density at radius 1 is 0.952 bits per heavy atom. The molecule has 0 radical (unpaired) electrons. The molecule has 0 aliphatic heterocycles. The third-order valence-electron chi connectivity index (χ3n) is 3.91. The minimum atomic E-state index is 0.0821. The first kappa shape index (κ1) is 15.3. The summed E-state index contributed by atoms with van der Waals surface area (Å²) in [6, 6.07) is 11.6. The molecule has 2 heteroatoms. The number of hydrogen-bond donors (Lipinski definition) is 1. The van der Waals surface area contributed by atoms with Crippen molar-refractivity contribution in [3.8, 4) is 0 Å². The monoisotopic (exact) mass is 281 g/mol. The second kappa shape index (κ2) is 6.57. The lowest BCUT2D eigenvalue weighted by Gasteiger charge is -2.15. The molecule has 0 fully saturated rings. The van der Waals surface area contributed by atoms with Crippen LogP contribution in [-0.4, -0.2) is 5.78 Å². The fraction of sp³-hybridized carbons (Fsp3) is 0.316. The molecule has 2 aromatic rings. The molecular weight excluding hydrogens is 258 g/mol. The number of aryl methyl sites for hydroxylation is 3. The number of ketones is 1. The van der Waals surface area contributed by atoms with Crippen LogP contribution in [0.1, 0.15) is 53.4 Å². The predicted octanol–water partition coefficient (Wildman–Crippen LogP) is 4.19. The van der Waals surface area contributed by atoms with Crippen molar-refractivity contribution in [1.82, 2.24) is 0 Å². The van der Waals surface area contributed by atoms with Gasteiger partial charge in [0.25, 0.3) is 0 Å². The quantitative estimate of drug-likeness (QED) is 0.659. The van der Waals surface area contributed by atoms with Gasteiger partial charge in [0.15, 0.2) is 5.78 Å². The number of nitrogen functional groups attached to an aromatic ring is 1. The maximum atomic E-state index is 12.9. The SMILES string of the molecule is CCc1cc(CC)c(C(=O)c2cccc(N)c2)c(CC)c1. The van der Waals surface area contributed by atoms with E-state index >= 15 is 0 Å².